The van der Waals surface area contributed by atoms with E-state index in [2.05, 4.69) is 30.8 Å². The maximum absolute atomic E-state index is 13.6. The van der Waals surface area contributed by atoms with Crippen molar-refractivity contribution < 1.29 is 14.1 Å². The van der Waals surface area contributed by atoms with Crippen LogP contribution in [0.1, 0.15) is 44.5 Å². The van der Waals surface area contributed by atoms with Crippen molar-refractivity contribution >= 4 is 22.8 Å². The molecule has 8 heteroatoms. The molecule has 2 aromatic heterocycles. The molecule has 43 heavy (non-hydrogen) atoms. The monoisotopic (exact) mass is 575 g/mol. The van der Waals surface area contributed by atoms with Gasteiger partial charge in [-0.1, -0.05) is 86.6 Å². The van der Waals surface area contributed by atoms with Gasteiger partial charge in [-0.05, 0) is 42.2 Å². The zero-order chi connectivity index (χ0) is 29.8. The molecule has 5 aromatic rings. The third-order valence-corrected chi connectivity index (χ3v) is 7.84. The first-order valence-electron chi connectivity index (χ1n) is 15.1. The smallest absolute Gasteiger partial charge is 0.263 e. The summed E-state index contributed by atoms with van der Waals surface area (Å²) in [5.74, 6) is 3.43. The highest BCUT2D eigenvalue weighted by molar-refractivity contribution is 5.98. The van der Waals surface area contributed by atoms with Gasteiger partial charge in [0.2, 0.25) is 5.91 Å². The quantitative estimate of drug-likeness (QED) is 0.185. The Morgan fingerprint density at radius 2 is 1.58 bits per heavy atom. The summed E-state index contributed by atoms with van der Waals surface area (Å²) in [4.78, 5) is 27.6. The number of nitrogens with zero attached hydrogens (tertiary/aromatic N) is 5. The maximum Gasteiger partial charge on any atom is 0.263 e. The number of hydrogen-bond donors (Lipinski definition) is 0. The number of rotatable bonds is 9. The number of ether oxygens (including phenoxy) is 1. The third-order valence-electron chi connectivity index (χ3n) is 7.84. The summed E-state index contributed by atoms with van der Waals surface area (Å²) >= 11 is 0. The first kappa shape index (κ1) is 28.4. The molecule has 220 valence electrons. The standard InChI is InChI=1S/C35H37N5O3/c1-4-29(25-12-7-5-8-13-25)35(41)40-20-18-39(19-21-40)33-31-32(38-43-34(31)37-30(36-33)22-24(2)3)26-14-11-17-28(23-26)42-27-15-9-6-10-16-27/h5-17,23-24,29H,4,18-22H2,1-3H3. The van der Waals surface area contributed by atoms with Gasteiger partial charge in [0.1, 0.15) is 34.2 Å². The Labute approximate surface area is 252 Å². The van der Waals surface area contributed by atoms with Crippen molar-refractivity contribution in [2.24, 2.45) is 5.92 Å². The van der Waals surface area contributed by atoms with E-state index in [0.717, 1.165) is 46.7 Å². The second-order valence-corrected chi connectivity index (χ2v) is 11.4. The minimum absolute atomic E-state index is 0.133. The normalized spacial score (nSPS) is 14.3. The Bertz CT molecular complexity index is 1680. The zero-order valence-corrected chi connectivity index (χ0v) is 24.9. The molecular weight excluding hydrogens is 538 g/mol. The Kier molecular flexibility index (Phi) is 8.36. The molecule has 1 atom stereocenters. The van der Waals surface area contributed by atoms with E-state index in [4.69, 9.17) is 19.2 Å². The first-order chi connectivity index (χ1) is 21.0. The number of hydrogen-bond acceptors (Lipinski definition) is 7. The predicted molar refractivity (Wildman–Crippen MR) is 168 cm³/mol. The average Bonchev–Trinajstić information content (AvgIpc) is 3.46. The Balaban J connectivity index is 1.30. The second-order valence-electron chi connectivity index (χ2n) is 11.4. The van der Waals surface area contributed by atoms with Crippen LogP contribution >= 0.6 is 0 Å². The molecule has 0 radical (unpaired) electrons. The van der Waals surface area contributed by atoms with E-state index in [1.807, 2.05) is 89.8 Å². The SMILES string of the molecule is CCC(C(=O)N1CCN(c2nc(CC(C)C)nc3onc(-c4cccc(Oc5ccccc5)c4)c23)CC1)c1ccccc1. The number of carbonyl (C=O) groups is 1. The fraction of sp³-hybridized carbons (Fsp3) is 0.314. The molecule has 1 aliphatic heterocycles. The topological polar surface area (TPSA) is 84.6 Å². The number of anilines is 1. The van der Waals surface area contributed by atoms with Crippen LogP contribution in [0.5, 0.6) is 11.5 Å². The molecule has 3 heterocycles. The van der Waals surface area contributed by atoms with Gasteiger partial charge in [-0.3, -0.25) is 4.79 Å². The van der Waals surface area contributed by atoms with E-state index in [0.29, 0.717) is 49.3 Å². The van der Waals surface area contributed by atoms with Crippen LogP contribution in [0.4, 0.5) is 5.82 Å². The summed E-state index contributed by atoms with van der Waals surface area (Å²) in [6, 6.07) is 27.6. The van der Waals surface area contributed by atoms with Crippen molar-refractivity contribution in [3.8, 4) is 22.8 Å². The summed E-state index contributed by atoms with van der Waals surface area (Å²) in [7, 11) is 0. The molecule has 0 saturated carbocycles. The molecule has 0 aliphatic carbocycles. The molecule has 1 unspecified atom stereocenters. The van der Waals surface area contributed by atoms with E-state index in [1.165, 1.54) is 0 Å². The summed E-state index contributed by atoms with van der Waals surface area (Å²) in [6.45, 7) is 8.93. The van der Waals surface area contributed by atoms with Gasteiger partial charge in [0, 0.05) is 38.2 Å². The number of para-hydroxylation sites is 1. The maximum atomic E-state index is 13.6. The van der Waals surface area contributed by atoms with Crippen LogP contribution in [0.25, 0.3) is 22.4 Å². The number of amides is 1. The van der Waals surface area contributed by atoms with Crippen LogP contribution in [-0.2, 0) is 11.2 Å². The van der Waals surface area contributed by atoms with Crippen molar-refractivity contribution in [2.45, 2.75) is 39.5 Å². The van der Waals surface area contributed by atoms with Crippen LogP contribution < -0.4 is 9.64 Å². The van der Waals surface area contributed by atoms with Gasteiger partial charge in [-0.25, -0.2) is 4.98 Å². The average molecular weight is 576 g/mol. The van der Waals surface area contributed by atoms with Crippen LogP contribution in [0.3, 0.4) is 0 Å². The molecule has 6 rings (SSSR count). The minimum atomic E-state index is -0.133. The lowest BCUT2D eigenvalue weighted by Gasteiger charge is -2.37. The summed E-state index contributed by atoms with van der Waals surface area (Å²) in [5.41, 5.74) is 3.07. The lowest BCUT2D eigenvalue weighted by Crippen LogP contribution is -2.50. The van der Waals surface area contributed by atoms with Crippen LogP contribution in [0.2, 0.25) is 0 Å². The van der Waals surface area contributed by atoms with Gasteiger partial charge in [0.15, 0.2) is 0 Å². The molecule has 8 nitrogen and oxygen atoms in total. The highest BCUT2D eigenvalue weighted by Gasteiger charge is 2.30. The predicted octanol–water partition coefficient (Wildman–Crippen LogP) is 7.12. The second kappa shape index (κ2) is 12.7. The molecule has 1 fully saturated rings. The van der Waals surface area contributed by atoms with Gasteiger partial charge >= 0.3 is 0 Å². The van der Waals surface area contributed by atoms with Gasteiger partial charge in [-0.2, -0.15) is 4.98 Å². The van der Waals surface area contributed by atoms with E-state index >= 15 is 0 Å². The minimum Gasteiger partial charge on any atom is -0.457 e. The van der Waals surface area contributed by atoms with Crippen molar-refractivity contribution in [1.29, 1.82) is 0 Å². The fourth-order valence-electron chi connectivity index (χ4n) is 5.69. The first-order valence-corrected chi connectivity index (χ1v) is 15.1. The van der Waals surface area contributed by atoms with Crippen LogP contribution in [0.15, 0.2) is 89.5 Å². The lowest BCUT2D eigenvalue weighted by molar-refractivity contribution is -0.133. The number of carbonyl (C=O) groups excluding carboxylic acids is 1. The molecule has 0 spiro atoms. The number of fused-ring (bicyclic) bond motifs is 1. The van der Waals surface area contributed by atoms with Gasteiger partial charge < -0.3 is 19.1 Å². The molecular formula is C35H37N5O3. The number of benzene rings is 3. The van der Waals surface area contributed by atoms with Crippen molar-refractivity contribution in [3.63, 3.8) is 0 Å². The summed E-state index contributed by atoms with van der Waals surface area (Å²) < 4.78 is 11.9. The molecule has 0 bridgehead atoms. The number of aromatic nitrogens is 3. The highest BCUT2D eigenvalue weighted by Crippen LogP contribution is 2.36. The van der Waals surface area contributed by atoms with Gasteiger partial charge in [0.05, 0.1) is 5.92 Å². The molecule has 1 amide bonds. The van der Waals surface area contributed by atoms with Crippen LogP contribution in [0, 0.1) is 5.92 Å². The molecule has 0 N–H and O–H groups in total. The van der Waals surface area contributed by atoms with Crippen molar-refractivity contribution in [3.05, 3.63) is 96.3 Å². The Morgan fingerprint density at radius 1 is 0.884 bits per heavy atom. The van der Waals surface area contributed by atoms with E-state index in [-0.39, 0.29) is 11.8 Å². The lowest BCUT2D eigenvalue weighted by atomic mass is 9.95. The molecule has 1 aliphatic rings. The molecule has 3 aromatic carbocycles. The summed E-state index contributed by atoms with van der Waals surface area (Å²) in [6.07, 6.45) is 1.50. The summed E-state index contributed by atoms with van der Waals surface area (Å²) in [5, 5.41) is 5.25. The Hall–Kier alpha value is -4.72. The highest BCUT2D eigenvalue weighted by atomic mass is 16.5. The largest absolute Gasteiger partial charge is 0.457 e. The Morgan fingerprint density at radius 3 is 2.28 bits per heavy atom. The van der Waals surface area contributed by atoms with Crippen molar-refractivity contribution in [2.75, 3.05) is 31.1 Å². The van der Waals surface area contributed by atoms with Crippen LogP contribution in [-0.4, -0.2) is 52.1 Å². The number of piperazine rings is 1. The molecule has 1 saturated heterocycles. The van der Waals surface area contributed by atoms with E-state index in [9.17, 15) is 4.79 Å². The van der Waals surface area contributed by atoms with Gasteiger partial charge in [-0.15, -0.1) is 0 Å². The fourth-order valence-corrected chi connectivity index (χ4v) is 5.69. The van der Waals surface area contributed by atoms with Gasteiger partial charge in [0.25, 0.3) is 5.71 Å². The third kappa shape index (κ3) is 6.23. The van der Waals surface area contributed by atoms with E-state index in [1.54, 1.807) is 0 Å². The zero-order valence-electron chi connectivity index (χ0n) is 24.9. The van der Waals surface area contributed by atoms with Crippen molar-refractivity contribution in [1.82, 2.24) is 20.0 Å². The van der Waals surface area contributed by atoms with E-state index < -0.39 is 0 Å².